The molecule has 1 aliphatic heterocycles. The first-order valence-electron chi connectivity index (χ1n) is 10.00. The highest BCUT2D eigenvalue weighted by Gasteiger charge is 2.46. The molecule has 1 N–H and O–H groups in total. The van der Waals surface area contributed by atoms with Gasteiger partial charge in [0.25, 0.3) is 5.92 Å². The molecule has 2 aromatic rings. The number of piperidine rings is 1. The average molecular weight is 416 g/mol. The minimum Gasteiger partial charge on any atom is -0.310 e. The first-order valence-corrected chi connectivity index (χ1v) is 10.00. The van der Waals surface area contributed by atoms with E-state index in [0.717, 1.165) is 0 Å². The van der Waals surface area contributed by atoms with Crippen molar-refractivity contribution in [2.75, 3.05) is 13.1 Å². The summed E-state index contributed by atoms with van der Waals surface area (Å²) < 4.78 is 68.7. The van der Waals surface area contributed by atoms with Gasteiger partial charge >= 0.3 is 6.18 Å². The van der Waals surface area contributed by atoms with Gasteiger partial charge in [0.15, 0.2) is 5.65 Å². The zero-order valence-electron chi connectivity index (χ0n) is 16.5. The van der Waals surface area contributed by atoms with E-state index in [4.69, 9.17) is 0 Å². The van der Waals surface area contributed by atoms with Gasteiger partial charge in [0.1, 0.15) is 0 Å². The van der Waals surface area contributed by atoms with Crippen LogP contribution in [0.4, 0.5) is 22.0 Å². The smallest absolute Gasteiger partial charge is 0.310 e. The second-order valence-corrected chi connectivity index (χ2v) is 8.91. The van der Waals surface area contributed by atoms with Crippen molar-refractivity contribution in [3.05, 3.63) is 29.2 Å². The summed E-state index contributed by atoms with van der Waals surface area (Å²) in [7, 11) is 0. The molecule has 1 atom stereocenters. The third-order valence-electron chi connectivity index (χ3n) is 6.35. The van der Waals surface area contributed by atoms with Gasteiger partial charge in [-0.1, -0.05) is 6.92 Å². The Morgan fingerprint density at radius 1 is 1.10 bits per heavy atom. The van der Waals surface area contributed by atoms with Crippen molar-refractivity contribution in [2.24, 2.45) is 5.92 Å². The standard InChI is InChI=1S/C20H25F5N4/c1-12-7-16(18(2)9-19(21,22)11-26-10-18)29-17(27-12)8-15(28-29)13-3-5-14(6-4-13)20(23,24)25/h7-8,13-14,26H,3-6,9-11H2,1-2H3/t13-,14-,18?. The quantitative estimate of drug-likeness (QED) is 0.718. The maximum Gasteiger partial charge on any atom is 0.391 e. The molecular weight excluding hydrogens is 391 g/mol. The first kappa shape index (κ1) is 20.5. The molecule has 29 heavy (non-hydrogen) atoms. The lowest BCUT2D eigenvalue weighted by Crippen LogP contribution is -2.52. The van der Waals surface area contributed by atoms with Crippen LogP contribution in [-0.2, 0) is 5.41 Å². The Morgan fingerprint density at radius 2 is 1.79 bits per heavy atom. The number of aryl methyl sites for hydroxylation is 1. The summed E-state index contributed by atoms with van der Waals surface area (Å²) in [5.74, 6) is -4.13. The van der Waals surface area contributed by atoms with Crippen LogP contribution in [0.15, 0.2) is 12.1 Å². The Balaban J connectivity index is 1.66. The van der Waals surface area contributed by atoms with E-state index in [1.54, 1.807) is 23.6 Å². The second kappa shape index (κ2) is 6.89. The highest BCUT2D eigenvalue weighted by molar-refractivity contribution is 5.44. The number of nitrogens with zero attached hydrogens (tertiary/aromatic N) is 3. The second-order valence-electron chi connectivity index (χ2n) is 8.91. The molecule has 2 fully saturated rings. The summed E-state index contributed by atoms with van der Waals surface area (Å²) in [5.41, 5.74) is 1.79. The zero-order chi connectivity index (χ0) is 21.0. The van der Waals surface area contributed by atoms with Gasteiger partial charge in [-0.25, -0.2) is 18.3 Å². The molecular formula is C20H25F5N4. The van der Waals surface area contributed by atoms with Crippen molar-refractivity contribution in [1.82, 2.24) is 19.9 Å². The van der Waals surface area contributed by atoms with Crippen LogP contribution in [0.2, 0.25) is 0 Å². The number of fused-ring (bicyclic) bond motifs is 1. The normalized spacial score (nSPS) is 30.6. The number of hydrogen-bond acceptors (Lipinski definition) is 3. The fourth-order valence-electron chi connectivity index (χ4n) is 4.86. The minimum atomic E-state index is -4.15. The monoisotopic (exact) mass is 416 g/mol. The molecule has 160 valence electrons. The molecule has 0 amide bonds. The number of rotatable bonds is 2. The van der Waals surface area contributed by atoms with Gasteiger partial charge in [-0.05, 0) is 38.7 Å². The van der Waals surface area contributed by atoms with Gasteiger partial charge in [-0.2, -0.15) is 18.3 Å². The van der Waals surface area contributed by atoms with Crippen molar-refractivity contribution >= 4 is 5.65 Å². The van der Waals surface area contributed by atoms with Gasteiger partial charge in [0.05, 0.1) is 23.9 Å². The molecule has 1 aliphatic carbocycles. The van der Waals surface area contributed by atoms with Gasteiger partial charge < -0.3 is 5.32 Å². The van der Waals surface area contributed by atoms with Crippen LogP contribution in [0.25, 0.3) is 5.65 Å². The summed E-state index contributed by atoms with van der Waals surface area (Å²) in [5, 5.41) is 7.45. The molecule has 0 spiro atoms. The fraction of sp³-hybridized carbons (Fsp3) is 0.700. The average Bonchev–Trinajstić information content (AvgIpc) is 3.03. The number of alkyl halides is 5. The van der Waals surface area contributed by atoms with Crippen molar-refractivity contribution < 1.29 is 22.0 Å². The summed E-state index contributed by atoms with van der Waals surface area (Å²) in [6.45, 7) is 3.65. The van der Waals surface area contributed by atoms with Crippen LogP contribution >= 0.6 is 0 Å². The molecule has 3 heterocycles. The van der Waals surface area contributed by atoms with E-state index in [-0.39, 0.29) is 31.7 Å². The highest BCUT2D eigenvalue weighted by Crippen LogP contribution is 2.43. The Bertz CT molecular complexity index is 898. The lowest BCUT2D eigenvalue weighted by molar-refractivity contribution is -0.182. The van der Waals surface area contributed by atoms with E-state index in [1.165, 1.54) is 0 Å². The Morgan fingerprint density at radius 3 is 2.41 bits per heavy atom. The van der Waals surface area contributed by atoms with E-state index >= 15 is 0 Å². The SMILES string of the molecule is Cc1cc(C2(C)CNCC(F)(F)C2)n2nc([C@H]3CC[C@H](C(F)(F)F)CC3)cc2n1. The largest absolute Gasteiger partial charge is 0.391 e. The van der Waals surface area contributed by atoms with Crippen LogP contribution in [-0.4, -0.2) is 39.8 Å². The van der Waals surface area contributed by atoms with Crippen molar-refractivity contribution in [1.29, 1.82) is 0 Å². The Hall–Kier alpha value is -1.77. The van der Waals surface area contributed by atoms with Gasteiger partial charge in [-0.3, -0.25) is 0 Å². The van der Waals surface area contributed by atoms with Crippen LogP contribution in [0.3, 0.4) is 0 Å². The van der Waals surface area contributed by atoms with Crippen LogP contribution in [0.1, 0.15) is 62.0 Å². The van der Waals surface area contributed by atoms with E-state index in [9.17, 15) is 22.0 Å². The van der Waals surface area contributed by atoms with Crippen molar-refractivity contribution in [2.45, 2.75) is 69.4 Å². The van der Waals surface area contributed by atoms with Gasteiger partial charge in [0.2, 0.25) is 0 Å². The predicted molar refractivity (Wildman–Crippen MR) is 98.3 cm³/mol. The zero-order valence-corrected chi connectivity index (χ0v) is 16.5. The number of halogens is 5. The number of hydrogen-bond donors (Lipinski definition) is 1. The lowest BCUT2D eigenvalue weighted by Gasteiger charge is -2.38. The molecule has 1 saturated heterocycles. The molecule has 4 nitrogen and oxygen atoms in total. The Labute approximate surface area is 165 Å². The lowest BCUT2D eigenvalue weighted by atomic mass is 9.78. The molecule has 2 aliphatic rings. The van der Waals surface area contributed by atoms with Gasteiger partial charge in [-0.15, -0.1) is 0 Å². The summed E-state index contributed by atoms with van der Waals surface area (Å²) in [4.78, 5) is 4.48. The van der Waals surface area contributed by atoms with E-state index in [0.29, 0.717) is 42.1 Å². The first-order chi connectivity index (χ1) is 13.5. The highest BCUT2D eigenvalue weighted by atomic mass is 19.4. The Kier molecular flexibility index (Phi) is 4.87. The van der Waals surface area contributed by atoms with Crippen LogP contribution in [0.5, 0.6) is 0 Å². The molecule has 9 heteroatoms. The topological polar surface area (TPSA) is 42.2 Å². The molecule has 0 radical (unpaired) electrons. The third-order valence-corrected chi connectivity index (χ3v) is 6.35. The van der Waals surface area contributed by atoms with Crippen molar-refractivity contribution in [3.8, 4) is 0 Å². The minimum absolute atomic E-state index is 0.0674. The molecule has 1 unspecified atom stereocenters. The molecule has 1 saturated carbocycles. The molecule has 0 bridgehead atoms. The molecule has 2 aromatic heterocycles. The van der Waals surface area contributed by atoms with Crippen LogP contribution in [0, 0.1) is 12.8 Å². The fourth-order valence-corrected chi connectivity index (χ4v) is 4.86. The summed E-state index contributed by atoms with van der Waals surface area (Å²) in [6, 6.07) is 3.58. The number of nitrogens with one attached hydrogen (secondary N) is 1. The summed E-state index contributed by atoms with van der Waals surface area (Å²) >= 11 is 0. The molecule has 0 aromatic carbocycles. The van der Waals surface area contributed by atoms with Crippen LogP contribution < -0.4 is 5.32 Å². The maximum atomic E-state index is 14.1. The van der Waals surface area contributed by atoms with E-state index in [1.807, 2.05) is 6.92 Å². The third kappa shape index (κ3) is 3.98. The number of aromatic nitrogens is 3. The maximum absolute atomic E-state index is 14.1. The van der Waals surface area contributed by atoms with Gasteiger partial charge in [0, 0.05) is 36.1 Å². The van der Waals surface area contributed by atoms with E-state index in [2.05, 4.69) is 15.4 Å². The summed E-state index contributed by atoms with van der Waals surface area (Å²) in [6.07, 6.45) is -3.43. The molecule has 4 rings (SSSR count). The predicted octanol–water partition coefficient (Wildman–Crippen LogP) is 4.76. The van der Waals surface area contributed by atoms with E-state index < -0.39 is 23.4 Å². The van der Waals surface area contributed by atoms with Crippen molar-refractivity contribution in [3.63, 3.8) is 0 Å².